The van der Waals surface area contributed by atoms with Crippen LogP contribution in [0.4, 0.5) is 0 Å². The van der Waals surface area contributed by atoms with Crippen molar-refractivity contribution in [3.8, 4) is 0 Å². The average molecular weight is 198 g/mol. The minimum Gasteiger partial charge on any atom is -0.459 e. The average Bonchev–Trinajstić information content (AvgIpc) is 2.66. The lowest BCUT2D eigenvalue weighted by Crippen LogP contribution is -2.43. The summed E-state index contributed by atoms with van der Waals surface area (Å²) in [4.78, 5) is 11.3. The molecule has 1 rings (SSSR count). The van der Waals surface area contributed by atoms with Crippen molar-refractivity contribution in [1.29, 1.82) is 0 Å². The molecule has 0 aliphatic rings. The standard InChI is InChI=1S/C9H14N2O3/c1-6(12)7(10)5-11-9(13)8-3-2-4-14-8/h2-4,6-7,12H,5,10H2,1H3,(H,11,13). The maximum Gasteiger partial charge on any atom is 0.287 e. The van der Waals surface area contributed by atoms with Gasteiger partial charge in [0.2, 0.25) is 0 Å². The fraction of sp³-hybridized carbons (Fsp3) is 0.444. The van der Waals surface area contributed by atoms with Crippen LogP contribution in [0.3, 0.4) is 0 Å². The highest BCUT2D eigenvalue weighted by atomic mass is 16.3. The summed E-state index contributed by atoms with van der Waals surface area (Å²) in [6.07, 6.45) is 0.774. The molecule has 0 aliphatic carbocycles. The molecule has 1 amide bonds. The van der Waals surface area contributed by atoms with E-state index in [1.54, 1.807) is 19.1 Å². The summed E-state index contributed by atoms with van der Waals surface area (Å²) < 4.78 is 4.87. The van der Waals surface area contributed by atoms with Gasteiger partial charge in [-0.1, -0.05) is 0 Å². The molecule has 0 saturated heterocycles. The van der Waals surface area contributed by atoms with E-state index in [1.165, 1.54) is 6.26 Å². The van der Waals surface area contributed by atoms with E-state index in [-0.39, 0.29) is 18.2 Å². The highest BCUT2D eigenvalue weighted by Crippen LogP contribution is 1.99. The molecule has 1 aromatic heterocycles. The van der Waals surface area contributed by atoms with E-state index >= 15 is 0 Å². The van der Waals surface area contributed by atoms with Gasteiger partial charge in [-0.15, -0.1) is 0 Å². The van der Waals surface area contributed by atoms with Crippen LogP contribution in [0.1, 0.15) is 17.5 Å². The van der Waals surface area contributed by atoms with Crippen molar-refractivity contribution in [2.75, 3.05) is 6.54 Å². The second kappa shape index (κ2) is 4.78. The largest absolute Gasteiger partial charge is 0.459 e. The van der Waals surface area contributed by atoms with Crippen LogP contribution in [0.25, 0.3) is 0 Å². The summed E-state index contributed by atoms with van der Waals surface area (Å²) in [6.45, 7) is 1.79. The Morgan fingerprint density at radius 2 is 2.50 bits per heavy atom. The molecule has 0 fully saturated rings. The molecule has 0 saturated carbocycles. The number of furan rings is 1. The Morgan fingerprint density at radius 3 is 3.00 bits per heavy atom. The van der Waals surface area contributed by atoms with E-state index in [1.807, 2.05) is 0 Å². The Hall–Kier alpha value is -1.33. The van der Waals surface area contributed by atoms with Gasteiger partial charge in [-0.2, -0.15) is 0 Å². The summed E-state index contributed by atoms with van der Waals surface area (Å²) in [7, 11) is 0. The SMILES string of the molecule is CC(O)C(N)CNC(=O)c1ccco1. The smallest absolute Gasteiger partial charge is 0.287 e. The van der Waals surface area contributed by atoms with Gasteiger partial charge in [-0.25, -0.2) is 0 Å². The minimum atomic E-state index is -0.646. The first-order valence-electron chi connectivity index (χ1n) is 4.36. The fourth-order valence-electron chi connectivity index (χ4n) is 0.876. The molecule has 2 unspecified atom stereocenters. The Morgan fingerprint density at radius 1 is 1.79 bits per heavy atom. The maximum absolute atomic E-state index is 11.3. The van der Waals surface area contributed by atoms with Crippen LogP contribution in [0, 0.1) is 0 Å². The normalized spacial score (nSPS) is 14.8. The summed E-state index contributed by atoms with van der Waals surface area (Å²) in [6, 6.07) is 2.72. The molecular formula is C9H14N2O3. The van der Waals surface area contributed by atoms with Crippen molar-refractivity contribution in [2.24, 2.45) is 5.73 Å². The Balaban J connectivity index is 2.36. The van der Waals surface area contributed by atoms with Crippen LogP contribution in [0.2, 0.25) is 0 Å². The van der Waals surface area contributed by atoms with Crippen molar-refractivity contribution in [3.63, 3.8) is 0 Å². The minimum absolute atomic E-state index is 0.219. The number of aliphatic hydroxyl groups is 1. The Kier molecular flexibility index (Phi) is 3.67. The number of hydrogen-bond donors (Lipinski definition) is 3. The zero-order valence-electron chi connectivity index (χ0n) is 7.93. The van der Waals surface area contributed by atoms with Crippen LogP contribution < -0.4 is 11.1 Å². The molecule has 1 heterocycles. The topological polar surface area (TPSA) is 88.5 Å². The molecule has 5 nitrogen and oxygen atoms in total. The monoisotopic (exact) mass is 198 g/mol. The molecule has 0 bridgehead atoms. The first-order chi connectivity index (χ1) is 6.61. The molecule has 2 atom stereocenters. The zero-order valence-corrected chi connectivity index (χ0v) is 7.93. The number of nitrogens with one attached hydrogen (secondary N) is 1. The Bertz CT molecular complexity index is 282. The lowest BCUT2D eigenvalue weighted by atomic mass is 10.2. The molecule has 0 aromatic carbocycles. The lowest BCUT2D eigenvalue weighted by molar-refractivity contribution is 0.0910. The second-order valence-corrected chi connectivity index (χ2v) is 3.09. The molecular weight excluding hydrogens is 184 g/mol. The summed E-state index contributed by atoms with van der Waals surface area (Å²) >= 11 is 0. The summed E-state index contributed by atoms with van der Waals surface area (Å²) in [5.41, 5.74) is 5.52. The summed E-state index contributed by atoms with van der Waals surface area (Å²) in [5, 5.41) is 11.6. The van der Waals surface area contributed by atoms with Gasteiger partial charge in [-0.3, -0.25) is 4.79 Å². The number of carbonyl (C=O) groups excluding carboxylic acids is 1. The van der Waals surface area contributed by atoms with Crippen LogP contribution in [0.5, 0.6) is 0 Å². The first kappa shape index (κ1) is 10.7. The van der Waals surface area contributed by atoms with E-state index in [0.29, 0.717) is 0 Å². The number of rotatable bonds is 4. The van der Waals surface area contributed by atoms with Crippen molar-refractivity contribution in [3.05, 3.63) is 24.2 Å². The molecule has 0 aliphatic heterocycles. The predicted molar refractivity (Wildman–Crippen MR) is 50.7 cm³/mol. The first-order valence-corrected chi connectivity index (χ1v) is 4.36. The van der Waals surface area contributed by atoms with Crippen molar-refractivity contribution in [2.45, 2.75) is 19.1 Å². The van der Waals surface area contributed by atoms with Crippen molar-refractivity contribution in [1.82, 2.24) is 5.32 Å². The van der Waals surface area contributed by atoms with Gasteiger partial charge >= 0.3 is 0 Å². The van der Waals surface area contributed by atoms with E-state index < -0.39 is 12.1 Å². The van der Waals surface area contributed by atoms with Crippen LogP contribution in [-0.2, 0) is 0 Å². The molecule has 4 N–H and O–H groups in total. The Labute approximate surface area is 81.9 Å². The molecule has 0 spiro atoms. The third-order valence-corrected chi connectivity index (χ3v) is 1.86. The predicted octanol–water partition coefficient (Wildman–Crippen LogP) is -0.282. The number of nitrogens with two attached hydrogens (primary N) is 1. The van der Waals surface area contributed by atoms with Gasteiger partial charge in [0.15, 0.2) is 5.76 Å². The van der Waals surface area contributed by atoms with E-state index in [2.05, 4.69) is 5.32 Å². The van der Waals surface area contributed by atoms with Crippen molar-refractivity contribution < 1.29 is 14.3 Å². The molecule has 0 radical (unpaired) electrons. The zero-order chi connectivity index (χ0) is 10.6. The number of hydrogen-bond acceptors (Lipinski definition) is 4. The molecule has 1 aromatic rings. The highest BCUT2D eigenvalue weighted by molar-refractivity contribution is 5.91. The quantitative estimate of drug-likeness (QED) is 0.620. The van der Waals surface area contributed by atoms with Gasteiger partial charge < -0.3 is 20.6 Å². The van der Waals surface area contributed by atoms with Gasteiger partial charge in [0.25, 0.3) is 5.91 Å². The van der Waals surface area contributed by atoms with Gasteiger partial charge in [0, 0.05) is 12.6 Å². The fourth-order valence-corrected chi connectivity index (χ4v) is 0.876. The third kappa shape index (κ3) is 2.86. The molecule has 5 heteroatoms. The number of carbonyl (C=O) groups is 1. The van der Waals surface area contributed by atoms with E-state index in [9.17, 15) is 4.79 Å². The van der Waals surface area contributed by atoms with E-state index in [0.717, 1.165) is 0 Å². The van der Waals surface area contributed by atoms with Gasteiger partial charge in [-0.05, 0) is 19.1 Å². The highest BCUT2D eigenvalue weighted by Gasteiger charge is 2.12. The number of aliphatic hydroxyl groups excluding tert-OH is 1. The number of amides is 1. The second-order valence-electron chi connectivity index (χ2n) is 3.09. The van der Waals surface area contributed by atoms with Gasteiger partial charge in [0.05, 0.1) is 12.4 Å². The molecule has 78 valence electrons. The third-order valence-electron chi connectivity index (χ3n) is 1.86. The van der Waals surface area contributed by atoms with E-state index in [4.69, 9.17) is 15.3 Å². The molecule has 14 heavy (non-hydrogen) atoms. The van der Waals surface area contributed by atoms with Gasteiger partial charge in [0.1, 0.15) is 0 Å². The van der Waals surface area contributed by atoms with Crippen molar-refractivity contribution >= 4 is 5.91 Å². The lowest BCUT2D eigenvalue weighted by Gasteiger charge is -2.14. The van der Waals surface area contributed by atoms with Crippen LogP contribution in [-0.4, -0.2) is 29.7 Å². The van der Waals surface area contributed by atoms with Crippen LogP contribution >= 0.6 is 0 Å². The summed E-state index contributed by atoms with van der Waals surface area (Å²) in [5.74, 6) is -0.0890. The maximum atomic E-state index is 11.3. The van der Waals surface area contributed by atoms with Crippen LogP contribution in [0.15, 0.2) is 22.8 Å².